The van der Waals surface area contributed by atoms with Crippen molar-refractivity contribution in [3.8, 4) is 0 Å². The van der Waals surface area contributed by atoms with E-state index in [4.69, 9.17) is 4.74 Å². The van der Waals surface area contributed by atoms with Crippen LogP contribution in [0.2, 0.25) is 0 Å². The van der Waals surface area contributed by atoms with Crippen molar-refractivity contribution in [2.75, 3.05) is 0 Å². The quantitative estimate of drug-likeness (QED) is 0.617. The molecular weight excluding hydrogens is 164 g/mol. The number of esters is 1. The molecule has 0 heterocycles. The zero-order chi connectivity index (χ0) is 9.84. The van der Waals surface area contributed by atoms with Gasteiger partial charge in [-0.15, -0.1) is 0 Å². The summed E-state index contributed by atoms with van der Waals surface area (Å²) in [5, 5.41) is 0. The minimum Gasteiger partial charge on any atom is -0.463 e. The molecule has 0 N–H and O–H groups in total. The molecule has 2 nitrogen and oxygen atoms in total. The van der Waals surface area contributed by atoms with Gasteiger partial charge in [0.25, 0.3) is 0 Å². The van der Waals surface area contributed by atoms with Crippen LogP contribution in [0.4, 0.5) is 0 Å². The third kappa shape index (κ3) is 3.37. The minimum absolute atomic E-state index is 0.111. The van der Waals surface area contributed by atoms with Crippen LogP contribution in [0, 0.1) is 11.8 Å². The molecule has 1 fully saturated rings. The summed E-state index contributed by atoms with van der Waals surface area (Å²) in [6, 6.07) is 0. The van der Waals surface area contributed by atoms with Gasteiger partial charge in [-0.2, -0.15) is 0 Å². The van der Waals surface area contributed by atoms with Crippen molar-refractivity contribution in [2.24, 2.45) is 11.8 Å². The van der Waals surface area contributed by atoms with Gasteiger partial charge in [0.1, 0.15) is 6.10 Å². The first-order valence-electron chi connectivity index (χ1n) is 5.26. The molecule has 1 rings (SSSR count). The maximum absolute atomic E-state index is 10.8. The second-order valence-electron chi connectivity index (χ2n) is 4.35. The summed E-state index contributed by atoms with van der Waals surface area (Å²) in [6.45, 7) is 5.79. The Hall–Kier alpha value is -0.530. The number of carbonyl (C=O) groups excluding carboxylic acids is 1. The van der Waals surface area contributed by atoms with Gasteiger partial charge in [0.15, 0.2) is 0 Å². The van der Waals surface area contributed by atoms with Gasteiger partial charge >= 0.3 is 5.97 Å². The third-order valence-electron chi connectivity index (χ3n) is 2.99. The van der Waals surface area contributed by atoms with E-state index in [1.807, 2.05) is 6.92 Å². The molecule has 0 saturated heterocycles. The average molecular weight is 184 g/mol. The van der Waals surface area contributed by atoms with Gasteiger partial charge in [-0.1, -0.05) is 19.8 Å². The lowest BCUT2D eigenvalue weighted by Gasteiger charge is -2.30. The summed E-state index contributed by atoms with van der Waals surface area (Å²) in [5.41, 5.74) is 0. The first kappa shape index (κ1) is 10.6. The highest BCUT2D eigenvalue weighted by Crippen LogP contribution is 2.31. The van der Waals surface area contributed by atoms with E-state index in [0.29, 0.717) is 5.92 Å². The van der Waals surface area contributed by atoms with Crippen molar-refractivity contribution < 1.29 is 9.53 Å². The third-order valence-corrected chi connectivity index (χ3v) is 2.99. The van der Waals surface area contributed by atoms with E-state index in [0.717, 1.165) is 5.92 Å². The van der Waals surface area contributed by atoms with Crippen LogP contribution in [0.3, 0.4) is 0 Å². The Morgan fingerprint density at radius 3 is 2.69 bits per heavy atom. The van der Waals surface area contributed by atoms with E-state index in [9.17, 15) is 4.79 Å². The second-order valence-corrected chi connectivity index (χ2v) is 4.35. The molecule has 0 aromatic heterocycles. The fourth-order valence-corrected chi connectivity index (χ4v) is 2.27. The van der Waals surface area contributed by atoms with Crippen molar-refractivity contribution in [3.63, 3.8) is 0 Å². The Bertz CT molecular complexity index is 177. The average Bonchev–Trinajstić information content (AvgIpc) is 2.03. The summed E-state index contributed by atoms with van der Waals surface area (Å²) in [5.74, 6) is 1.25. The van der Waals surface area contributed by atoms with Crippen molar-refractivity contribution in [1.29, 1.82) is 0 Å². The summed E-state index contributed by atoms with van der Waals surface area (Å²) < 4.78 is 5.20. The molecule has 3 unspecified atom stereocenters. The van der Waals surface area contributed by atoms with Gasteiger partial charge < -0.3 is 4.74 Å². The number of carbonyl (C=O) groups is 1. The molecule has 1 aliphatic carbocycles. The maximum atomic E-state index is 10.8. The van der Waals surface area contributed by atoms with Crippen molar-refractivity contribution in [1.82, 2.24) is 0 Å². The molecule has 0 spiro atoms. The lowest BCUT2D eigenvalue weighted by Crippen LogP contribution is -2.27. The number of hydrogen-bond acceptors (Lipinski definition) is 2. The molecule has 0 amide bonds. The number of ether oxygens (including phenoxy) is 1. The molecule has 0 bridgehead atoms. The van der Waals surface area contributed by atoms with Crippen LogP contribution < -0.4 is 0 Å². The predicted molar refractivity (Wildman–Crippen MR) is 52.4 cm³/mol. The highest BCUT2D eigenvalue weighted by Gasteiger charge is 2.25. The van der Waals surface area contributed by atoms with Crippen LogP contribution in [0.5, 0.6) is 0 Å². The van der Waals surface area contributed by atoms with Crippen LogP contribution in [0.1, 0.15) is 46.5 Å². The largest absolute Gasteiger partial charge is 0.463 e. The van der Waals surface area contributed by atoms with E-state index in [1.165, 1.54) is 32.6 Å². The highest BCUT2D eigenvalue weighted by molar-refractivity contribution is 5.66. The van der Waals surface area contributed by atoms with E-state index in [1.54, 1.807) is 0 Å². The minimum atomic E-state index is -0.147. The maximum Gasteiger partial charge on any atom is 0.302 e. The smallest absolute Gasteiger partial charge is 0.302 e. The number of rotatable bonds is 2. The van der Waals surface area contributed by atoms with Gasteiger partial charge in [0, 0.05) is 6.92 Å². The van der Waals surface area contributed by atoms with Crippen LogP contribution >= 0.6 is 0 Å². The Morgan fingerprint density at radius 2 is 2.15 bits per heavy atom. The first-order chi connectivity index (χ1) is 6.09. The molecule has 3 atom stereocenters. The predicted octanol–water partition coefficient (Wildman–Crippen LogP) is 2.76. The Morgan fingerprint density at radius 1 is 1.46 bits per heavy atom. The SMILES string of the molecule is CC(=O)OC(C)C1CCCC(C)C1. The summed E-state index contributed by atoms with van der Waals surface area (Å²) in [4.78, 5) is 10.8. The molecule has 76 valence electrons. The molecule has 13 heavy (non-hydrogen) atoms. The van der Waals surface area contributed by atoms with E-state index < -0.39 is 0 Å². The van der Waals surface area contributed by atoms with Crippen molar-refractivity contribution in [2.45, 2.75) is 52.6 Å². The summed E-state index contributed by atoms with van der Waals surface area (Å²) in [7, 11) is 0. The van der Waals surface area contributed by atoms with E-state index >= 15 is 0 Å². The van der Waals surface area contributed by atoms with Gasteiger partial charge in [-0.3, -0.25) is 4.79 Å². The highest BCUT2D eigenvalue weighted by atomic mass is 16.5. The lowest BCUT2D eigenvalue weighted by atomic mass is 9.80. The number of hydrogen-bond donors (Lipinski definition) is 0. The standard InChI is InChI=1S/C11H20O2/c1-8-5-4-6-11(7-8)9(2)13-10(3)12/h8-9,11H,4-7H2,1-3H3. The van der Waals surface area contributed by atoms with Gasteiger partial charge in [0.2, 0.25) is 0 Å². The van der Waals surface area contributed by atoms with Crippen LogP contribution in [0.25, 0.3) is 0 Å². The van der Waals surface area contributed by atoms with Gasteiger partial charge in [0.05, 0.1) is 0 Å². The van der Waals surface area contributed by atoms with Crippen LogP contribution in [-0.4, -0.2) is 12.1 Å². The first-order valence-corrected chi connectivity index (χ1v) is 5.26. The molecule has 0 aromatic carbocycles. The van der Waals surface area contributed by atoms with Crippen LogP contribution in [0.15, 0.2) is 0 Å². The summed E-state index contributed by atoms with van der Waals surface area (Å²) >= 11 is 0. The Labute approximate surface area is 80.7 Å². The van der Waals surface area contributed by atoms with Crippen molar-refractivity contribution in [3.05, 3.63) is 0 Å². The molecule has 1 aliphatic rings. The zero-order valence-electron chi connectivity index (χ0n) is 8.88. The monoisotopic (exact) mass is 184 g/mol. The molecule has 0 aromatic rings. The van der Waals surface area contributed by atoms with Gasteiger partial charge in [-0.25, -0.2) is 0 Å². The van der Waals surface area contributed by atoms with E-state index in [2.05, 4.69) is 6.92 Å². The van der Waals surface area contributed by atoms with E-state index in [-0.39, 0.29) is 12.1 Å². The summed E-state index contributed by atoms with van der Waals surface area (Å²) in [6.07, 6.45) is 5.17. The van der Waals surface area contributed by atoms with Gasteiger partial charge in [-0.05, 0) is 31.6 Å². The van der Waals surface area contributed by atoms with Crippen molar-refractivity contribution >= 4 is 5.97 Å². The second kappa shape index (κ2) is 4.64. The van der Waals surface area contributed by atoms with Crippen LogP contribution in [-0.2, 0) is 9.53 Å². The normalized spacial score (nSPS) is 31.0. The zero-order valence-corrected chi connectivity index (χ0v) is 8.88. The molecule has 0 radical (unpaired) electrons. The fraction of sp³-hybridized carbons (Fsp3) is 0.909. The lowest BCUT2D eigenvalue weighted by molar-refractivity contribution is -0.148. The fourth-order valence-electron chi connectivity index (χ4n) is 2.27. The molecule has 0 aliphatic heterocycles. The molecule has 2 heteroatoms. The molecular formula is C11H20O2. The Kier molecular flexibility index (Phi) is 3.76. The molecule has 1 saturated carbocycles. The topological polar surface area (TPSA) is 26.3 Å². The Balaban J connectivity index is 2.36.